The largest absolute Gasteiger partial charge is 0.481 e. The Hall–Kier alpha value is -2.09. The van der Waals surface area contributed by atoms with Crippen LogP contribution in [-0.4, -0.2) is 0 Å². The van der Waals surface area contributed by atoms with Crippen molar-refractivity contribution < 1.29 is 9.13 Å². The zero-order valence-electron chi connectivity index (χ0n) is 9.14. The number of fused-ring (bicyclic) bond motifs is 1. The second kappa shape index (κ2) is 4.06. The average molecular weight is 226 g/mol. The first-order chi connectivity index (χ1) is 8.33. The predicted octanol–water partition coefficient (Wildman–Crippen LogP) is 3.97. The van der Waals surface area contributed by atoms with Crippen LogP contribution in [0.25, 0.3) is 6.08 Å². The highest BCUT2D eigenvalue weighted by Crippen LogP contribution is 2.32. The second-order valence-corrected chi connectivity index (χ2v) is 3.99. The lowest BCUT2D eigenvalue weighted by Crippen LogP contribution is -2.08. The highest BCUT2D eigenvalue weighted by molar-refractivity contribution is 5.60. The fourth-order valence-corrected chi connectivity index (χ4v) is 1.95. The monoisotopic (exact) mass is 226 g/mol. The van der Waals surface area contributed by atoms with Crippen molar-refractivity contribution in [2.75, 3.05) is 0 Å². The van der Waals surface area contributed by atoms with E-state index in [-0.39, 0.29) is 11.9 Å². The molecule has 1 heterocycles. The number of benzene rings is 2. The molecule has 0 bridgehead atoms. The summed E-state index contributed by atoms with van der Waals surface area (Å²) in [5, 5.41) is 0. The lowest BCUT2D eigenvalue weighted by atomic mass is 10.0. The molecular weight excluding hydrogens is 215 g/mol. The predicted molar refractivity (Wildman–Crippen MR) is 65.2 cm³/mol. The second-order valence-electron chi connectivity index (χ2n) is 3.99. The molecule has 0 spiro atoms. The Balaban J connectivity index is 1.94. The summed E-state index contributed by atoms with van der Waals surface area (Å²) < 4.78 is 18.8. The standard InChI is InChI=1S/C15H11FO/c16-13-7-9-15-12(10-13)6-8-14(17-15)11-4-2-1-3-5-11/h1-10,14H/t14-/m1/s1. The zero-order chi connectivity index (χ0) is 11.7. The van der Waals surface area contributed by atoms with E-state index in [0.29, 0.717) is 0 Å². The van der Waals surface area contributed by atoms with Crippen molar-refractivity contribution >= 4 is 6.08 Å². The number of hydrogen-bond donors (Lipinski definition) is 0. The Labute approximate surface area is 99.2 Å². The van der Waals surface area contributed by atoms with Crippen LogP contribution in [0, 0.1) is 5.82 Å². The molecule has 2 aromatic rings. The fourth-order valence-electron chi connectivity index (χ4n) is 1.95. The average Bonchev–Trinajstić information content (AvgIpc) is 2.39. The Kier molecular flexibility index (Phi) is 2.41. The number of halogens is 1. The van der Waals surface area contributed by atoms with Crippen molar-refractivity contribution in [3.63, 3.8) is 0 Å². The minimum absolute atomic E-state index is 0.0887. The van der Waals surface area contributed by atoms with Crippen LogP contribution in [0.3, 0.4) is 0 Å². The van der Waals surface area contributed by atoms with Crippen molar-refractivity contribution in [3.8, 4) is 5.75 Å². The van der Waals surface area contributed by atoms with Gasteiger partial charge in [0.2, 0.25) is 0 Å². The van der Waals surface area contributed by atoms with Crippen molar-refractivity contribution in [2.24, 2.45) is 0 Å². The van der Waals surface area contributed by atoms with E-state index in [1.54, 1.807) is 6.07 Å². The molecule has 0 aromatic heterocycles. The summed E-state index contributed by atoms with van der Waals surface area (Å²) in [7, 11) is 0. The summed E-state index contributed by atoms with van der Waals surface area (Å²) in [5.41, 5.74) is 1.89. The van der Waals surface area contributed by atoms with Crippen LogP contribution < -0.4 is 4.74 Å². The van der Waals surface area contributed by atoms with Crippen LogP contribution >= 0.6 is 0 Å². The van der Waals surface area contributed by atoms with Gasteiger partial charge in [0, 0.05) is 5.56 Å². The van der Waals surface area contributed by atoms with Crippen LogP contribution in [0.4, 0.5) is 4.39 Å². The molecule has 0 aliphatic carbocycles. The zero-order valence-corrected chi connectivity index (χ0v) is 9.14. The molecule has 1 aliphatic rings. The molecule has 1 nitrogen and oxygen atoms in total. The minimum Gasteiger partial charge on any atom is -0.481 e. The van der Waals surface area contributed by atoms with Gasteiger partial charge in [-0.05, 0) is 29.8 Å². The Morgan fingerprint density at radius 3 is 2.65 bits per heavy atom. The van der Waals surface area contributed by atoms with E-state index in [1.807, 2.05) is 42.5 Å². The molecule has 0 amide bonds. The summed E-state index contributed by atoms with van der Waals surface area (Å²) >= 11 is 0. The van der Waals surface area contributed by atoms with Crippen LogP contribution in [-0.2, 0) is 0 Å². The number of ether oxygens (including phenoxy) is 1. The van der Waals surface area contributed by atoms with Gasteiger partial charge in [0.1, 0.15) is 17.7 Å². The summed E-state index contributed by atoms with van der Waals surface area (Å²) in [6.07, 6.45) is 3.76. The highest BCUT2D eigenvalue weighted by atomic mass is 19.1. The molecule has 0 unspecified atom stereocenters. The van der Waals surface area contributed by atoms with E-state index in [0.717, 1.165) is 16.9 Å². The topological polar surface area (TPSA) is 9.23 Å². The highest BCUT2D eigenvalue weighted by Gasteiger charge is 2.16. The van der Waals surface area contributed by atoms with Gasteiger partial charge in [-0.3, -0.25) is 0 Å². The molecular formula is C15H11FO. The molecule has 3 rings (SSSR count). The van der Waals surface area contributed by atoms with E-state index in [4.69, 9.17) is 4.74 Å². The molecule has 0 N–H and O–H groups in total. The Morgan fingerprint density at radius 1 is 1.00 bits per heavy atom. The maximum absolute atomic E-state index is 13.0. The first-order valence-electron chi connectivity index (χ1n) is 5.52. The van der Waals surface area contributed by atoms with Gasteiger partial charge in [-0.25, -0.2) is 4.39 Å². The molecule has 0 fully saturated rings. The quantitative estimate of drug-likeness (QED) is 0.714. The van der Waals surface area contributed by atoms with Gasteiger partial charge in [0.05, 0.1) is 0 Å². The first-order valence-corrected chi connectivity index (χ1v) is 5.52. The van der Waals surface area contributed by atoms with E-state index in [1.165, 1.54) is 12.1 Å². The molecule has 2 aromatic carbocycles. The van der Waals surface area contributed by atoms with E-state index in [9.17, 15) is 4.39 Å². The lowest BCUT2D eigenvalue weighted by molar-refractivity contribution is 0.251. The van der Waals surface area contributed by atoms with Gasteiger partial charge in [-0.15, -0.1) is 0 Å². The number of rotatable bonds is 1. The van der Waals surface area contributed by atoms with Crippen LogP contribution in [0.15, 0.2) is 54.6 Å². The summed E-state index contributed by atoms with van der Waals surface area (Å²) in [5.74, 6) is 0.484. The molecule has 1 aliphatic heterocycles. The van der Waals surface area contributed by atoms with Crippen LogP contribution in [0.1, 0.15) is 17.2 Å². The third-order valence-corrected chi connectivity index (χ3v) is 2.80. The summed E-state index contributed by atoms with van der Waals surface area (Å²) in [6.45, 7) is 0. The third kappa shape index (κ3) is 1.94. The molecule has 17 heavy (non-hydrogen) atoms. The van der Waals surface area contributed by atoms with Gasteiger partial charge >= 0.3 is 0 Å². The van der Waals surface area contributed by atoms with Gasteiger partial charge in [-0.1, -0.05) is 36.4 Å². The van der Waals surface area contributed by atoms with Crippen LogP contribution in [0.2, 0.25) is 0 Å². The Bertz CT molecular complexity index is 560. The minimum atomic E-state index is -0.241. The molecule has 2 heteroatoms. The van der Waals surface area contributed by atoms with Gasteiger partial charge in [0.15, 0.2) is 0 Å². The van der Waals surface area contributed by atoms with Crippen molar-refractivity contribution in [1.82, 2.24) is 0 Å². The van der Waals surface area contributed by atoms with E-state index >= 15 is 0 Å². The SMILES string of the molecule is Fc1ccc2c(c1)C=C[C@H](c1ccccc1)O2. The van der Waals surface area contributed by atoms with Crippen molar-refractivity contribution in [1.29, 1.82) is 0 Å². The molecule has 0 radical (unpaired) electrons. The molecule has 84 valence electrons. The first kappa shape index (κ1) is 10.1. The molecule has 0 saturated heterocycles. The number of hydrogen-bond acceptors (Lipinski definition) is 1. The van der Waals surface area contributed by atoms with Crippen molar-refractivity contribution in [2.45, 2.75) is 6.10 Å². The van der Waals surface area contributed by atoms with E-state index < -0.39 is 0 Å². The Morgan fingerprint density at radius 2 is 1.82 bits per heavy atom. The van der Waals surface area contributed by atoms with Crippen molar-refractivity contribution in [3.05, 3.63) is 71.6 Å². The fraction of sp³-hybridized carbons (Fsp3) is 0.0667. The normalized spacial score (nSPS) is 17.4. The van der Waals surface area contributed by atoms with Gasteiger partial charge < -0.3 is 4.74 Å². The smallest absolute Gasteiger partial charge is 0.142 e. The molecule has 1 atom stereocenters. The third-order valence-electron chi connectivity index (χ3n) is 2.80. The van der Waals surface area contributed by atoms with Gasteiger partial charge in [0.25, 0.3) is 0 Å². The summed E-state index contributed by atoms with van der Waals surface area (Å²) in [4.78, 5) is 0. The summed E-state index contributed by atoms with van der Waals surface area (Å²) in [6, 6.07) is 14.5. The maximum Gasteiger partial charge on any atom is 0.142 e. The van der Waals surface area contributed by atoms with Gasteiger partial charge in [-0.2, -0.15) is 0 Å². The van der Waals surface area contributed by atoms with E-state index in [2.05, 4.69) is 0 Å². The maximum atomic E-state index is 13.0. The van der Waals surface area contributed by atoms with Crippen LogP contribution in [0.5, 0.6) is 5.75 Å². The lowest BCUT2D eigenvalue weighted by Gasteiger charge is -2.21. The molecule has 0 saturated carbocycles.